The van der Waals surface area contributed by atoms with Crippen molar-refractivity contribution < 1.29 is 73.3 Å². The quantitative estimate of drug-likeness (QED) is 0.0112. The Kier molecular flexibility index (Phi) is 33.3. The second kappa shape index (κ2) is 36.2. The summed E-state index contributed by atoms with van der Waals surface area (Å²) in [5, 5.41) is 70.2. The van der Waals surface area contributed by atoms with Crippen molar-refractivity contribution in [2.24, 2.45) is 0 Å². The summed E-state index contributed by atoms with van der Waals surface area (Å²) in [5.41, 5.74) is 0. The van der Waals surface area contributed by atoms with Crippen LogP contribution in [0.3, 0.4) is 0 Å². The Labute approximate surface area is 374 Å². The number of rotatable bonds is 35. The van der Waals surface area contributed by atoms with Crippen molar-refractivity contribution >= 4 is 19.8 Å². The molecule has 0 aromatic rings. The summed E-state index contributed by atoms with van der Waals surface area (Å²) in [6.45, 7) is 2.90. The van der Waals surface area contributed by atoms with Crippen molar-refractivity contribution in [3.8, 4) is 0 Å². The zero-order valence-corrected chi connectivity index (χ0v) is 38.2. The van der Waals surface area contributed by atoms with E-state index in [-0.39, 0.29) is 12.8 Å². The molecule has 0 heterocycles. The van der Waals surface area contributed by atoms with Crippen molar-refractivity contribution in [1.29, 1.82) is 0 Å². The van der Waals surface area contributed by atoms with Crippen molar-refractivity contribution in [2.75, 3.05) is 13.2 Å². The van der Waals surface area contributed by atoms with Crippen LogP contribution in [0.25, 0.3) is 0 Å². The third kappa shape index (κ3) is 29.2. The molecule has 1 aliphatic carbocycles. The first-order valence-corrected chi connectivity index (χ1v) is 24.1. The molecule has 1 saturated carbocycles. The number of phosphoric acid groups is 1. The van der Waals surface area contributed by atoms with Gasteiger partial charge in [0.15, 0.2) is 6.10 Å². The second-order valence-electron chi connectivity index (χ2n) is 15.6. The Morgan fingerprint density at radius 2 is 1.17 bits per heavy atom. The average Bonchev–Trinajstić information content (AvgIpc) is 3.25. The smallest absolute Gasteiger partial charge is 0.462 e. The number of hydrogen-bond donors (Lipinski definition) is 8. The van der Waals surface area contributed by atoms with Gasteiger partial charge < -0.3 is 50.1 Å². The fourth-order valence-corrected chi connectivity index (χ4v) is 7.17. The number of aliphatic hydroxyl groups is 7. The summed E-state index contributed by atoms with van der Waals surface area (Å²) in [6, 6.07) is 0. The highest BCUT2D eigenvalue weighted by atomic mass is 31.2. The fraction of sp³-hybridized carbons (Fsp3) is 0.660. The fourth-order valence-electron chi connectivity index (χ4n) is 6.20. The molecule has 0 aromatic heterocycles. The molecular weight excluding hydrogens is 835 g/mol. The van der Waals surface area contributed by atoms with Gasteiger partial charge in [0.05, 0.1) is 18.8 Å². The molecule has 1 aliphatic rings. The van der Waals surface area contributed by atoms with Gasteiger partial charge in [-0.25, -0.2) is 4.57 Å². The number of ether oxygens (including phenoxy) is 2. The van der Waals surface area contributed by atoms with Gasteiger partial charge in [0, 0.05) is 12.8 Å². The van der Waals surface area contributed by atoms with Crippen LogP contribution in [0.15, 0.2) is 85.1 Å². The number of aliphatic hydroxyl groups excluding tert-OH is 7. The van der Waals surface area contributed by atoms with Crippen LogP contribution in [-0.4, -0.2) is 121 Å². The van der Waals surface area contributed by atoms with E-state index in [2.05, 4.69) is 19.1 Å². The normalized spacial score (nSPS) is 23.5. The van der Waals surface area contributed by atoms with Crippen molar-refractivity contribution in [1.82, 2.24) is 0 Å². The number of allylic oxidation sites excluding steroid dienone is 10. The number of hydrogen-bond acceptors (Lipinski definition) is 14. The highest BCUT2D eigenvalue weighted by Crippen LogP contribution is 2.47. The third-order valence-electron chi connectivity index (χ3n) is 9.90. The zero-order valence-electron chi connectivity index (χ0n) is 37.3. The molecule has 63 heavy (non-hydrogen) atoms. The van der Waals surface area contributed by atoms with Gasteiger partial charge >= 0.3 is 19.8 Å². The summed E-state index contributed by atoms with van der Waals surface area (Å²) in [5.74, 6) is -1.30. The van der Waals surface area contributed by atoms with Crippen LogP contribution in [0.2, 0.25) is 0 Å². The molecule has 0 saturated heterocycles. The van der Waals surface area contributed by atoms with Gasteiger partial charge in [-0.3, -0.25) is 18.6 Å². The SMILES string of the molecule is CC/C=C\C[C@H](O)/C=C/C=C\C/C=C\C=C\[C@H](O)/C=C\CCCC(=O)O[C@H](COC(=O)CCCCCCC/C=C\CCCCCC)COP(=O)(O)OC1[C@H](O)[C@H](O)C(O)[C@H](O)[C@H]1O. The number of carbonyl (C=O) groups is 2. The Morgan fingerprint density at radius 3 is 1.83 bits per heavy atom. The van der Waals surface area contributed by atoms with Crippen LogP contribution in [0.4, 0.5) is 0 Å². The monoisotopic (exact) mass is 913 g/mol. The van der Waals surface area contributed by atoms with Crippen LogP contribution in [0.5, 0.6) is 0 Å². The summed E-state index contributed by atoms with van der Waals surface area (Å²) in [6.07, 6.45) is 25.6. The van der Waals surface area contributed by atoms with Crippen LogP contribution < -0.4 is 0 Å². The van der Waals surface area contributed by atoms with E-state index in [0.717, 1.165) is 44.9 Å². The predicted octanol–water partition coefficient (Wildman–Crippen LogP) is 6.44. The van der Waals surface area contributed by atoms with E-state index in [1.54, 1.807) is 42.5 Å². The van der Waals surface area contributed by atoms with Gasteiger partial charge in [-0.1, -0.05) is 137 Å². The molecule has 0 aliphatic heterocycles. The van der Waals surface area contributed by atoms with Crippen molar-refractivity contribution in [3.63, 3.8) is 0 Å². The Hall–Kier alpha value is -3.05. The van der Waals surface area contributed by atoms with Crippen molar-refractivity contribution in [3.05, 3.63) is 85.1 Å². The minimum Gasteiger partial charge on any atom is -0.462 e. The first-order valence-electron chi connectivity index (χ1n) is 22.6. The van der Waals surface area contributed by atoms with Crippen LogP contribution in [0, 0.1) is 0 Å². The molecule has 0 radical (unpaired) electrons. The van der Waals surface area contributed by atoms with E-state index in [1.807, 2.05) is 37.3 Å². The van der Waals surface area contributed by atoms with Crippen LogP contribution >= 0.6 is 7.82 Å². The first kappa shape index (κ1) is 58.0. The van der Waals surface area contributed by atoms with E-state index >= 15 is 0 Å². The molecule has 0 bridgehead atoms. The molecule has 0 amide bonds. The first-order chi connectivity index (χ1) is 30.2. The van der Waals surface area contributed by atoms with Gasteiger partial charge in [-0.2, -0.15) is 0 Å². The lowest BCUT2D eigenvalue weighted by molar-refractivity contribution is -0.220. The molecule has 8 N–H and O–H groups in total. The zero-order chi connectivity index (χ0) is 46.7. The Bertz CT molecular complexity index is 1460. The third-order valence-corrected chi connectivity index (χ3v) is 10.9. The summed E-state index contributed by atoms with van der Waals surface area (Å²) in [7, 11) is -5.18. The molecule has 0 aromatic carbocycles. The van der Waals surface area contributed by atoms with E-state index in [0.29, 0.717) is 32.1 Å². The van der Waals surface area contributed by atoms with Gasteiger partial charge in [0.25, 0.3) is 0 Å². The lowest BCUT2D eigenvalue weighted by Crippen LogP contribution is -2.64. The minimum absolute atomic E-state index is 0.0956. The lowest BCUT2D eigenvalue weighted by Gasteiger charge is -2.41. The predicted molar refractivity (Wildman–Crippen MR) is 242 cm³/mol. The van der Waals surface area contributed by atoms with Crippen LogP contribution in [0.1, 0.15) is 129 Å². The van der Waals surface area contributed by atoms with Gasteiger partial charge in [-0.05, 0) is 64.2 Å². The maximum Gasteiger partial charge on any atom is 0.472 e. The van der Waals surface area contributed by atoms with E-state index < -0.39 is 87.9 Å². The number of carbonyl (C=O) groups excluding carboxylic acids is 2. The van der Waals surface area contributed by atoms with Crippen molar-refractivity contribution in [2.45, 2.75) is 184 Å². The second-order valence-corrected chi connectivity index (χ2v) is 17.0. The number of phosphoric ester groups is 1. The van der Waals surface area contributed by atoms with Gasteiger partial charge in [0.2, 0.25) is 0 Å². The average molecular weight is 913 g/mol. The van der Waals surface area contributed by atoms with Gasteiger partial charge in [0.1, 0.15) is 43.2 Å². The van der Waals surface area contributed by atoms with E-state index in [1.165, 1.54) is 25.7 Å². The molecule has 15 nitrogen and oxygen atoms in total. The van der Waals surface area contributed by atoms with Gasteiger partial charge in [-0.15, -0.1) is 0 Å². The van der Waals surface area contributed by atoms with E-state index in [4.69, 9.17) is 18.5 Å². The highest BCUT2D eigenvalue weighted by Gasteiger charge is 2.51. The topological polar surface area (TPSA) is 250 Å². The molecule has 10 atom stereocenters. The Morgan fingerprint density at radius 1 is 0.603 bits per heavy atom. The maximum absolute atomic E-state index is 12.8. The largest absolute Gasteiger partial charge is 0.472 e. The van der Waals surface area contributed by atoms with Crippen LogP contribution in [-0.2, 0) is 32.7 Å². The summed E-state index contributed by atoms with van der Waals surface area (Å²) < 4.78 is 33.3. The Balaban J connectivity index is 2.60. The molecule has 16 heteroatoms. The molecule has 360 valence electrons. The summed E-state index contributed by atoms with van der Waals surface area (Å²) >= 11 is 0. The highest BCUT2D eigenvalue weighted by molar-refractivity contribution is 7.47. The van der Waals surface area contributed by atoms with E-state index in [9.17, 15) is 54.8 Å². The molecule has 3 unspecified atom stereocenters. The molecular formula is C47H77O15P. The molecule has 1 rings (SSSR count). The number of unbranched alkanes of at least 4 members (excludes halogenated alkanes) is 10. The lowest BCUT2D eigenvalue weighted by atomic mass is 9.85. The molecule has 1 fully saturated rings. The summed E-state index contributed by atoms with van der Waals surface area (Å²) in [4.78, 5) is 35.6. The standard InChI is InChI=1S/C47H77O15P/c1-3-5-7-8-9-10-11-12-13-14-18-21-27-33-40(50)59-35-39(36-60-63(57,58)62-47-45(55)43(53)42(52)44(54)46(47)56)61-41(51)34-28-22-26-32-38(49)31-25-20-17-15-16-19-24-30-37(48)29-23-6-4-2/h6,10-11,16-17,19-20,23-26,30-32,37-39,42-49,52-56H,3-5,7-9,12-15,18,21-22,27-29,33-36H2,1-2H3,(H,57,58)/b11-10-,19-16-,20-17-,23-6-,30-24+,31-25+,32-26-/t37-,38-,39+,42?,43-,44+,45+,46+,47?/m0/s1. The minimum atomic E-state index is -5.18. The molecule has 0 spiro atoms. The maximum atomic E-state index is 12.8. The number of esters is 2.